The lowest BCUT2D eigenvalue weighted by Gasteiger charge is -2.22. The van der Waals surface area contributed by atoms with E-state index in [4.69, 9.17) is 9.72 Å². The normalized spacial score (nSPS) is 16.1. The number of ether oxygens (including phenoxy) is 1. The number of nitrogens with zero attached hydrogens (tertiary/aromatic N) is 3. The third-order valence-electron chi connectivity index (χ3n) is 5.22. The molecule has 0 saturated heterocycles. The fraction of sp³-hybridized carbons (Fsp3) is 0.565. The Morgan fingerprint density at radius 1 is 1.30 bits per heavy atom. The van der Waals surface area contributed by atoms with Crippen LogP contribution in [0.2, 0.25) is 0 Å². The molecular formula is C23H34N4O2S. The van der Waals surface area contributed by atoms with Gasteiger partial charge in [0.15, 0.2) is 5.96 Å². The lowest BCUT2D eigenvalue weighted by Crippen LogP contribution is -2.39. The molecule has 0 amide bonds. The van der Waals surface area contributed by atoms with Crippen LogP contribution in [0.5, 0.6) is 0 Å². The molecule has 0 spiro atoms. The Labute approximate surface area is 184 Å². The molecule has 1 heterocycles. The molecule has 1 aromatic heterocycles. The minimum Gasteiger partial charge on any atom is -0.389 e. The van der Waals surface area contributed by atoms with Crippen molar-refractivity contribution in [3.63, 3.8) is 0 Å². The highest BCUT2D eigenvalue weighted by atomic mass is 32.1. The lowest BCUT2D eigenvalue weighted by molar-refractivity contribution is 0.00106. The first-order valence-corrected chi connectivity index (χ1v) is 11.7. The Hall–Kier alpha value is -1.96. The van der Waals surface area contributed by atoms with Crippen molar-refractivity contribution in [2.75, 3.05) is 26.7 Å². The summed E-state index contributed by atoms with van der Waals surface area (Å²) in [5, 5.41) is 14.8. The van der Waals surface area contributed by atoms with E-state index in [1.807, 2.05) is 62.6 Å². The van der Waals surface area contributed by atoms with E-state index in [9.17, 15) is 5.11 Å². The number of aliphatic hydroxyl groups is 1. The van der Waals surface area contributed by atoms with Crippen LogP contribution in [-0.2, 0) is 24.1 Å². The van der Waals surface area contributed by atoms with Crippen LogP contribution >= 0.6 is 11.3 Å². The average molecular weight is 431 g/mol. The molecule has 0 fully saturated rings. The second kappa shape index (κ2) is 11.4. The highest BCUT2D eigenvalue weighted by Crippen LogP contribution is 2.27. The molecule has 164 valence electrons. The number of aliphatic imine (C=N–C) groups is 1. The van der Waals surface area contributed by atoms with Crippen molar-refractivity contribution in [2.45, 2.75) is 58.3 Å². The minimum absolute atomic E-state index is 0.0586. The van der Waals surface area contributed by atoms with Crippen LogP contribution in [0.3, 0.4) is 0 Å². The summed E-state index contributed by atoms with van der Waals surface area (Å²) in [6, 6.07) is 10.0. The van der Waals surface area contributed by atoms with Crippen molar-refractivity contribution in [1.82, 2.24) is 15.2 Å². The van der Waals surface area contributed by atoms with E-state index in [0.717, 1.165) is 36.0 Å². The number of guanidine groups is 1. The topological polar surface area (TPSA) is 70.0 Å². The van der Waals surface area contributed by atoms with E-state index in [-0.39, 0.29) is 12.7 Å². The van der Waals surface area contributed by atoms with E-state index < -0.39 is 6.10 Å². The molecule has 30 heavy (non-hydrogen) atoms. The summed E-state index contributed by atoms with van der Waals surface area (Å²) >= 11 is 1.83. The number of fused-ring (bicyclic) bond motifs is 1. The van der Waals surface area contributed by atoms with Crippen LogP contribution in [0, 0.1) is 0 Å². The number of rotatable bonds is 9. The molecule has 3 rings (SSSR count). The second-order valence-electron chi connectivity index (χ2n) is 7.78. The molecule has 0 saturated carbocycles. The van der Waals surface area contributed by atoms with Gasteiger partial charge in [-0.2, -0.15) is 0 Å². The molecule has 0 bridgehead atoms. The Balaban J connectivity index is 1.51. The molecule has 7 heteroatoms. The van der Waals surface area contributed by atoms with Crippen LogP contribution in [-0.4, -0.2) is 53.8 Å². The second-order valence-corrected chi connectivity index (χ2v) is 8.94. The molecule has 1 aromatic carbocycles. The number of benzene rings is 1. The zero-order chi connectivity index (χ0) is 21.3. The van der Waals surface area contributed by atoms with E-state index in [2.05, 4.69) is 15.2 Å². The number of hydrogen-bond acceptors (Lipinski definition) is 5. The molecule has 2 unspecified atom stereocenters. The smallest absolute Gasteiger partial charge is 0.194 e. The molecule has 1 aliphatic carbocycles. The van der Waals surface area contributed by atoms with Gasteiger partial charge in [-0.3, -0.25) is 4.99 Å². The molecule has 2 aromatic rings. The highest BCUT2D eigenvalue weighted by molar-refractivity contribution is 7.11. The van der Waals surface area contributed by atoms with E-state index in [1.165, 1.54) is 29.8 Å². The van der Waals surface area contributed by atoms with Gasteiger partial charge in [0.05, 0.1) is 37.6 Å². The van der Waals surface area contributed by atoms with Crippen LogP contribution in [0.15, 0.2) is 35.3 Å². The molecule has 6 nitrogen and oxygen atoms in total. The molecular weight excluding hydrogens is 396 g/mol. The quantitative estimate of drug-likeness (QED) is 0.470. The van der Waals surface area contributed by atoms with Crippen LogP contribution in [0.1, 0.15) is 53.9 Å². The summed E-state index contributed by atoms with van der Waals surface area (Å²) in [5.41, 5.74) is 2.39. The van der Waals surface area contributed by atoms with Gasteiger partial charge in [-0.15, -0.1) is 11.3 Å². The molecule has 2 atom stereocenters. The van der Waals surface area contributed by atoms with E-state index in [0.29, 0.717) is 6.54 Å². The molecule has 0 radical (unpaired) electrons. The monoisotopic (exact) mass is 430 g/mol. The van der Waals surface area contributed by atoms with Crippen molar-refractivity contribution < 1.29 is 9.84 Å². The molecule has 1 aliphatic rings. The van der Waals surface area contributed by atoms with Crippen molar-refractivity contribution in [3.8, 4) is 0 Å². The maximum Gasteiger partial charge on any atom is 0.194 e. The Kier molecular flexibility index (Phi) is 8.66. The lowest BCUT2D eigenvalue weighted by atomic mass is 10.0. The zero-order valence-corrected chi connectivity index (χ0v) is 19.1. The average Bonchev–Trinajstić information content (AvgIpc) is 3.17. The standard InChI is InChI=1S/C23H34N4O2S/c1-4-24-23(27(3)15-22-26-20-12-8-9-13-21(20)30-22)25-14-19(28)16-29-17(2)18-10-6-5-7-11-18/h5-7,10-11,17,19,28H,4,8-9,12-16H2,1-3H3,(H,24,25). The van der Waals surface area contributed by atoms with Crippen LogP contribution in [0.4, 0.5) is 0 Å². The number of aryl methyl sites for hydroxylation is 2. The van der Waals surface area contributed by atoms with Crippen LogP contribution in [0.25, 0.3) is 0 Å². The first-order valence-electron chi connectivity index (χ1n) is 10.9. The largest absolute Gasteiger partial charge is 0.389 e. The summed E-state index contributed by atoms with van der Waals surface area (Å²) in [6.45, 7) is 6.09. The Morgan fingerprint density at radius 2 is 2.07 bits per heavy atom. The SMILES string of the molecule is CCNC(=NCC(O)COC(C)c1ccccc1)N(C)Cc1nc2c(s1)CCCC2. The third-order valence-corrected chi connectivity index (χ3v) is 6.36. The van der Waals surface area contributed by atoms with Gasteiger partial charge >= 0.3 is 0 Å². The number of hydrogen-bond donors (Lipinski definition) is 2. The van der Waals surface area contributed by atoms with Crippen molar-refractivity contribution in [3.05, 3.63) is 51.5 Å². The van der Waals surface area contributed by atoms with Crippen molar-refractivity contribution >= 4 is 17.3 Å². The van der Waals surface area contributed by atoms with Gasteiger partial charge in [-0.05, 0) is 45.1 Å². The first kappa shape index (κ1) is 22.7. The zero-order valence-electron chi connectivity index (χ0n) is 18.3. The summed E-state index contributed by atoms with van der Waals surface area (Å²) in [7, 11) is 2.02. The van der Waals surface area contributed by atoms with Crippen LogP contribution < -0.4 is 5.32 Å². The summed E-state index contributed by atoms with van der Waals surface area (Å²) in [5.74, 6) is 0.779. The maximum atomic E-state index is 10.4. The van der Waals surface area contributed by atoms with Crippen molar-refractivity contribution in [1.29, 1.82) is 0 Å². The third kappa shape index (κ3) is 6.52. The van der Waals surface area contributed by atoms with E-state index in [1.54, 1.807) is 0 Å². The van der Waals surface area contributed by atoms with Gasteiger partial charge in [0.2, 0.25) is 0 Å². The number of aliphatic hydroxyl groups excluding tert-OH is 1. The van der Waals surface area contributed by atoms with Crippen molar-refractivity contribution in [2.24, 2.45) is 4.99 Å². The van der Waals surface area contributed by atoms with Gasteiger partial charge in [0, 0.05) is 18.5 Å². The molecule has 0 aliphatic heterocycles. The minimum atomic E-state index is -0.648. The Bertz CT molecular complexity index is 785. The summed E-state index contributed by atoms with van der Waals surface area (Å²) in [6.07, 6.45) is 4.09. The molecule has 2 N–H and O–H groups in total. The first-order chi connectivity index (χ1) is 14.6. The Morgan fingerprint density at radius 3 is 2.80 bits per heavy atom. The number of nitrogens with one attached hydrogen (secondary N) is 1. The van der Waals surface area contributed by atoms with Gasteiger partial charge < -0.3 is 20.1 Å². The van der Waals surface area contributed by atoms with Gasteiger partial charge in [0.1, 0.15) is 5.01 Å². The highest BCUT2D eigenvalue weighted by Gasteiger charge is 2.17. The predicted octanol–water partition coefficient (Wildman–Crippen LogP) is 3.56. The summed E-state index contributed by atoms with van der Waals surface area (Å²) in [4.78, 5) is 13.0. The fourth-order valence-electron chi connectivity index (χ4n) is 3.54. The summed E-state index contributed by atoms with van der Waals surface area (Å²) < 4.78 is 5.82. The van der Waals surface area contributed by atoms with Gasteiger partial charge in [0.25, 0.3) is 0 Å². The predicted molar refractivity (Wildman–Crippen MR) is 123 cm³/mol. The fourth-order valence-corrected chi connectivity index (χ4v) is 4.75. The van der Waals surface area contributed by atoms with E-state index >= 15 is 0 Å². The van der Waals surface area contributed by atoms with Gasteiger partial charge in [-0.25, -0.2) is 4.98 Å². The maximum absolute atomic E-state index is 10.4. The number of thiazole rings is 1. The van der Waals surface area contributed by atoms with Gasteiger partial charge in [-0.1, -0.05) is 30.3 Å². The number of aromatic nitrogens is 1.